The first kappa shape index (κ1) is 15.2. The quantitative estimate of drug-likeness (QED) is 0.631. The summed E-state index contributed by atoms with van der Waals surface area (Å²) >= 11 is 1.59. The highest BCUT2D eigenvalue weighted by molar-refractivity contribution is 7.99. The molecule has 1 aromatic heterocycles. The van der Waals surface area contributed by atoms with Gasteiger partial charge in [-0.3, -0.25) is 9.48 Å². The van der Waals surface area contributed by atoms with E-state index in [4.69, 9.17) is 10.5 Å². The van der Waals surface area contributed by atoms with Gasteiger partial charge in [-0.2, -0.15) is 5.10 Å². The van der Waals surface area contributed by atoms with Gasteiger partial charge in [-0.1, -0.05) is 0 Å². The molecule has 21 heavy (non-hydrogen) atoms. The molecule has 0 bridgehead atoms. The zero-order chi connectivity index (χ0) is 15.2. The van der Waals surface area contributed by atoms with E-state index in [1.165, 1.54) is 0 Å². The van der Waals surface area contributed by atoms with Crippen LogP contribution >= 0.6 is 11.8 Å². The summed E-state index contributed by atoms with van der Waals surface area (Å²) in [5.74, 6) is 1.20. The Hall–Kier alpha value is -2.15. The van der Waals surface area contributed by atoms with Crippen molar-refractivity contribution in [1.29, 1.82) is 0 Å². The molecule has 1 heterocycles. The van der Waals surface area contributed by atoms with Gasteiger partial charge >= 0.3 is 0 Å². The van der Waals surface area contributed by atoms with Crippen LogP contribution in [0.1, 0.15) is 6.42 Å². The standard InChI is InChI=1S/C14H18N4O2S/c1-18-9-11(8-16-18)21-6-5-14(19)17-12-7-10(15)3-4-13(12)20-2/h3-4,7-9H,5-6,15H2,1-2H3,(H,17,19). The lowest BCUT2D eigenvalue weighted by Gasteiger charge is -2.10. The number of thioether (sulfide) groups is 1. The van der Waals surface area contributed by atoms with E-state index < -0.39 is 0 Å². The number of carbonyl (C=O) groups excluding carboxylic acids is 1. The highest BCUT2D eigenvalue weighted by Crippen LogP contribution is 2.26. The molecule has 0 saturated carbocycles. The van der Waals surface area contributed by atoms with Crippen LogP contribution in [0.25, 0.3) is 0 Å². The molecule has 0 unspecified atom stereocenters. The average molecular weight is 306 g/mol. The number of nitrogens with two attached hydrogens (primary N) is 1. The fourth-order valence-corrected chi connectivity index (χ4v) is 2.64. The third-order valence-electron chi connectivity index (χ3n) is 2.78. The van der Waals surface area contributed by atoms with Crippen LogP contribution < -0.4 is 15.8 Å². The first-order valence-electron chi connectivity index (χ1n) is 6.43. The number of aryl methyl sites for hydroxylation is 1. The van der Waals surface area contributed by atoms with Gasteiger partial charge in [0.05, 0.1) is 19.0 Å². The molecule has 0 radical (unpaired) electrons. The summed E-state index contributed by atoms with van der Waals surface area (Å²) in [5.41, 5.74) is 6.89. The number of aromatic nitrogens is 2. The Morgan fingerprint density at radius 2 is 2.33 bits per heavy atom. The molecule has 1 aromatic carbocycles. The van der Waals surface area contributed by atoms with Crippen molar-refractivity contribution in [2.45, 2.75) is 11.3 Å². The maximum Gasteiger partial charge on any atom is 0.225 e. The smallest absolute Gasteiger partial charge is 0.225 e. The van der Waals surface area contributed by atoms with E-state index in [-0.39, 0.29) is 5.91 Å². The Morgan fingerprint density at radius 1 is 1.52 bits per heavy atom. The number of rotatable bonds is 6. The topological polar surface area (TPSA) is 82.2 Å². The van der Waals surface area contributed by atoms with Crippen molar-refractivity contribution in [2.24, 2.45) is 7.05 Å². The average Bonchev–Trinajstić information content (AvgIpc) is 2.85. The van der Waals surface area contributed by atoms with Crippen molar-refractivity contribution in [3.8, 4) is 5.75 Å². The molecule has 2 rings (SSSR count). The van der Waals surface area contributed by atoms with E-state index in [1.54, 1.807) is 47.9 Å². The minimum atomic E-state index is -0.0738. The number of nitrogen functional groups attached to an aromatic ring is 1. The Balaban J connectivity index is 1.85. The largest absolute Gasteiger partial charge is 0.495 e. The number of hydrogen-bond acceptors (Lipinski definition) is 5. The summed E-state index contributed by atoms with van der Waals surface area (Å²) in [7, 11) is 3.42. The van der Waals surface area contributed by atoms with Crippen LogP contribution in [0.15, 0.2) is 35.5 Å². The molecule has 0 aliphatic carbocycles. The molecule has 7 heteroatoms. The Morgan fingerprint density at radius 3 is 3.00 bits per heavy atom. The SMILES string of the molecule is COc1ccc(N)cc1NC(=O)CCSc1cnn(C)c1. The number of nitrogens with one attached hydrogen (secondary N) is 1. The second-order valence-electron chi connectivity index (χ2n) is 4.46. The number of anilines is 2. The molecule has 1 amide bonds. The number of amides is 1. The number of hydrogen-bond donors (Lipinski definition) is 2. The lowest BCUT2D eigenvalue weighted by atomic mass is 10.2. The van der Waals surface area contributed by atoms with Crippen LogP contribution in [0, 0.1) is 0 Å². The second-order valence-corrected chi connectivity index (χ2v) is 5.62. The molecule has 6 nitrogen and oxygen atoms in total. The van der Waals surface area contributed by atoms with Crippen LogP contribution in [0.2, 0.25) is 0 Å². The zero-order valence-electron chi connectivity index (χ0n) is 12.0. The molecule has 0 fully saturated rings. The molecular formula is C14H18N4O2S. The molecule has 0 saturated heterocycles. The summed E-state index contributed by atoms with van der Waals surface area (Å²) in [6.07, 6.45) is 4.10. The number of nitrogens with zero attached hydrogens (tertiary/aromatic N) is 2. The molecule has 2 aromatic rings. The van der Waals surface area contributed by atoms with Crippen molar-refractivity contribution in [3.63, 3.8) is 0 Å². The fraction of sp³-hybridized carbons (Fsp3) is 0.286. The van der Waals surface area contributed by atoms with Crippen LogP contribution in [0.4, 0.5) is 11.4 Å². The molecule has 0 aliphatic heterocycles. The van der Waals surface area contributed by atoms with Crippen LogP contribution in [0.3, 0.4) is 0 Å². The van der Waals surface area contributed by atoms with E-state index >= 15 is 0 Å². The Labute approximate surface area is 127 Å². The van der Waals surface area contributed by atoms with Crippen molar-refractivity contribution in [2.75, 3.05) is 23.9 Å². The minimum absolute atomic E-state index is 0.0738. The predicted octanol–water partition coefficient (Wildman–Crippen LogP) is 2.13. The first-order chi connectivity index (χ1) is 10.1. The van der Waals surface area contributed by atoms with E-state index in [9.17, 15) is 4.79 Å². The van der Waals surface area contributed by atoms with Crippen molar-refractivity contribution in [1.82, 2.24) is 9.78 Å². The Kier molecular flexibility index (Phi) is 5.10. The highest BCUT2D eigenvalue weighted by atomic mass is 32.2. The number of ether oxygens (including phenoxy) is 1. The normalized spacial score (nSPS) is 10.4. The summed E-state index contributed by atoms with van der Waals surface area (Å²) in [4.78, 5) is 13.0. The van der Waals surface area contributed by atoms with Crippen molar-refractivity contribution in [3.05, 3.63) is 30.6 Å². The first-order valence-corrected chi connectivity index (χ1v) is 7.42. The van der Waals surface area contributed by atoms with Gasteiger partial charge in [-0.05, 0) is 18.2 Å². The van der Waals surface area contributed by atoms with Crippen LogP contribution in [-0.4, -0.2) is 28.6 Å². The lowest BCUT2D eigenvalue weighted by Crippen LogP contribution is -2.13. The van der Waals surface area contributed by atoms with E-state index in [1.807, 2.05) is 13.2 Å². The van der Waals surface area contributed by atoms with Gasteiger partial charge in [0.25, 0.3) is 0 Å². The van der Waals surface area contributed by atoms with E-state index in [0.717, 1.165) is 4.90 Å². The Bertz CT molecular complexity index is 627. The second kappa shape index (κ2) is 7.03. The van der Waals surface area contributed by atoms with Gasteiger partial charge in [0.1, 0.15) is 5.75 Å². The van der Waals surface area contributed by atoms with Gasteiger partial charge in [-0.25, -0.2) is 0 Å². The van der Waals surface area contributed by atoms with Gasteiger partial charge in [0, 0.05) is 36.0 Å². The van der Waals surface area contributed by atoms with Gasteiger partial charge < -0.3 is 15.8 Å². The number of benzene rings is 1. The van der Waals surface area contributed by atoms with Crippen LogP contribution in [-0.2, 0) is 11.8 Å². The maximum absolute atomic E-state index is 11.9. The summed E-state index contributed by atoms with van der Waals surface area (Å²) in [6.45, 7) is 0. The molecule has 0 spiro atoms. The van der Waals surface area contributed by atoms with Gasteiger partial charge in [0.2, 0.25) is 5.91 Å². The molecule has 112 valence electrons. The molecular weight excluding hydrogens is 288 g/mol. The van der Waals surface area contributed by atoms with Crippen molar-refractivity contribution >= 4 is 29.0 Å². The summed E-state index contributed by atoms with van der Waals surface area (Å²) in [6, 6.07) is 5.15. The molecule has 3 N–H and O–H groups in total. The number of carbonyl (C=O) groups is 1. The highest BCUT2D eigenvalue weighted by Gasteiger charge is 2.08. The minimum Gasteiger partial charge on any atom is -0.495 e. The zero-order valence-corrected chi connectivity index (χ0v) is 12.8. The number of methoxy groups -OCH3 is 1. The van der Waals surface area contributed by atoms with Gasteiger partial charge in [0.15, 0.2) is 0 Å². The fourth-order valence-electron chi connectivity index (χ4n) is 1.77. The third-order valence-corrected chi connectivity index (χ3v) is 3.73. The van der Waals surface area contributed by atoms with Gasteiger partial charge in [-0.15, -0.1) is 11.8 Å². The summed E-state index contributed by atoms with van der Waals surface area (Å²) in [5, 5.41) is 6.90. The predicted molar refractivity (Wildman–Crippen MR) is 84.6 cm³/mol. The third kappa shape index (κ3) is 4.42. The monoisotopic (exact) mass is 306 g/mol. The molecule has 0 aliphatic rings. The molecule has 0 atom stereocenters. The van der Waals surface area contributed by atoms with Crippen LogP contribution in [0.5, 0.6) is 5.75 Å². The van der Waals surface area contributed by atoms with E-state index in [2.05, 4.69) is 10.4 Å². The van der Waals surface area contributed by atoms with E-state index in [0.29, 0.717) is 29.3 Å². The van der Waals surface area contributed by atoms with Crippen molar-refractivity contribution < 1.29 is 9.53 Å². The summed E-state index contributed by atoms with van der Waals surface area (Å²) < 4.78 is 6.93. The lowest BCUT2D eigenvalue weighted by molar-refractivity contribution is -0.115. The maximum atomic E-state index is 11.9.